The molecular weight excluding hydrogens is 320 g/mol. The van der Waals surface area contributed by atoms with E-state index in [1.54, 1.807) is 0 Å². The first-order valence-corrected chi connectivity index (χ1v) is 8.50. The number of benzene rings is 1. The molecule has 0 aromatic heterocycles. The third-order valence-corrected chi connectivity index (χ3v) is 5.96. The molecule has 2 rings (SSSR count). The second-order valence-electron chi connectivity index (χ2n) is 4.30. The van der Waals surface area contributed by atoms with Crippen LogP contribution in [0.2, 0.25) is 0 Å². The molecule has 0 bridgehead atoms. The van der Waals surface area contributed by atoms with E-state index in [0.717, 1.165) is 28.6 Å². The van der Waals surface area contributed by atoms with Crippen LogP contribution in [0.25, 0.3) is 0 Å². The van der Waals surface area contributed by atoms with Gasteiger partial charge in [0, 0.05) is 30.2 Å². The van der Waals surface area contributed by atoms with Gasteiger partial charge in [0.1, 0.15) is 6.04 Å². The lowest BCUT2D eigenvalue weighted by molar-refractivity contribution is -0.384. The number of nitro groups is 1. The normalized spacial score (nSPS) is 20.1. The lowest BCUT2D eigenvalue weighted by atomic mass is 10.3. The quantitative estimate of drug-likeness (QED) is 0.639. The summed E-state index contributed by atoms with van der Waals surface area (Å²) in [4.78, 5) is 21.0. The van der Waals surface area contributed by atoms with Gasteiger partial charge in [0.15, 0.2) is 0 Å². The Balaban J connectivity index is 2.35. The summed E-state index contributed by atoms with van der Waals surface area (Å²) in [5, 5.41) is 19.7. The number of non-ortho nitro benzene ring substituents is 1. The molecule has 10 heteroatoms. The molecule has 0 aliphatic carbocycles. The number of carbonyl (C=O) groups is 1. The van der Waals surface area contributed by atoms with E-state index >= 15 is 0 Å². The molecule has 1 aliphatic rings. The molecule has 114 valence electrons. The third-order valence-electron chi connectivity index (χ3n) is 3.02. The zero-order chi connectivity index (χ0) is 15.6. The maximum Gasteiger partial charge on any atom is 0.322 e. The molecule has 0 spiro atoms. The van der Waals surface area contributed by atoms with Crippen molar-refractivity contribution in [2.45, 2.75) is 10.9 Å². The monoisotopic (exact) mass is 332 g/mol. The van der Waals surface area contributed by atoms with Crippen molar-refractivity contribution in [1.29, 1.82) is 0 Å². The van der Waals surface area contributed by atoms with Crippen molar-refractivity contribution in [2.75, 3.05) is 18.1 Å². The molecule has 1 heterocycles. The van der Waals surface area contributed by atoms with Crippen molar-refractivity contribution in [2.24, 2.45) is 0 Å². The van der Waals surface area contributed by atoms with E-state index < -0.39 is 27.0 Å². The number of hydrogen-bond donors (Lipinski definition) is 1. The SMILES string of the molecule is O=C(O)C1CSCCN1S(=O)(=O)c1ccc([N+](=O)[O-])cc1. The standard InChI is InChI=1S/C11H12N2O6S2/c14-11(15)10-7-20-6-5-12(10)21(18,19)9-3-1-8(2-4-9)13(16)17/h1-4,10H,5-7H2,(H,14,15). The van der Waals surface area contributed by atoms with Gasteiger partial charge in [-0.1, -0.05) is 0 Å². The average molecular weight is 332 g/mol. The lowest BCUT2D eigenvalue weighted by Gasteiger charge is -2.31. The van der Waals surface area contributed by atoms with E-state index in [0.29, 0.717) is 5.75 Å². The van der Waals surface area contributed by atoms with Crippen LogP contribution in [-0.4, -0.2) is 52.8 Å². The zero-order valence-electron chi connectivity index (χ0n) is 10.7. The molecule has 1 saturated heterocycles. The average Bonchev–Trinajstić information content (AvgIpc) is 2.47. The van der Waals surface area contributed by atoms with Gasteiger partial charge in [0.25, 0.3) is 5.69 Å². The fourth-order valence-corrected chi connectivity index (χ4v) is 4.78. The fraction of sp³-hybridized carbons (Fsp3) is 0.364. The number of rotatable bonds is 4. The summed E-state index contributed by atoms with van der Waals surface area (Å²) >= 11 is 1.38. The summed E-state index contributed by atoms with van der Waals surface area (Å²) in [6.07, 6.45) is 0. The number of carboxylic acids is 1. The Morgan fingerprint density at radius 1 is 1.38 bits per heavy atom. The van der Waals surface area contributed by atoms with Crippen molar-refractivity contribution in [1.82, 2.24) is 4.31 Å². The summed E-state index contributed by atoms with van der Waals surface area (Å²) in [6.45, 7) is 0.0982. The zero-order valence-corrected chi connectivity index (χ0v) is 12.3. The minimum Gasteiger partial charge on any atom is -0.480 e. The summed E-state index contributed by atoms with van der Waals surface area (Å²) in [6, 6.07) is 3.29. The largest absolute Gasteiger partial charge is 0.480 e. The highest BCUT2D eigenvalue weighted by atomic mass is 32.2. The minimum absolute atomic E-state index is 0.0982. The Kier molecular flexibility index (Phi) is 4.49. The Bertz CT molecular complexity index is 658. The van der Waals surface area contributed by atoms with Crippen LogP contribution in [0.3, 0.4) is 0 Å². The van der Waals surface area contributed by atoms with Gasteiger partial charge in [0.2, 0.25) is 10.0 Å². The van der Waals surface area contributed by atoms with Crippen LogP contribution in [-0.2, 0) is 14.8 Å². The number of nitrogens with zero attached hydrogens (tertiary/aromatic N) is 2. The predicted octanol–water partition coefficient (Wildman–Crippen LogP) is 0.785. The Hall–Kier alpha value is -1.65. The van der Waals surface area contributed by atoms with Crippen molar-refractivity contribution >= 4 is 33.4 Å². The van der Waals surface area contributed by atoms with Gasteiger partial charge < -0.3 is 5.11 Å². The van der Waals surface area contributed by atoms with Gasteiger partial charge in [0.05, 0.1) is 9.82 Å². The van der Waals surface area contributed by atoms with Crippen LogP contribution in [0.1, 0.15) is 0 Å². The highest BCUT2D eigenvalue weighted by Crippen LogP contribution is 2.26. The molecule has 1 aromatic carbocycles. The smallest absolute Gasteiger partial charge is 0.322 e. The van der Waals surface area contributed by atoms with Gasteiger partial charge in [-0.15, -0.1) is 0 Å². The molecule has 0 saturated carbocycles. The second kappa shape index (κ2) is 6.00. The number of carboxylic acid groups (broad SMARTS) is 1. The van der Waals surface area contributed by atoms with Crippen molar-refractivity contribution < 1.29 is 23.2 Å². The second-order valence-corrected chi connectivity index (χ2v) is 7.34. The van der Waals surface area contributed by atoms with E-state index in [9.17, 15) is 23.3 Å². The fourth-order valence-electron chi connectivity index (χ4n) is 1.95. The van der Waals surface area contributed by atoms with Crippen LogP contribution in [0, 0.1) is 10.1 Å². The van der Waals surface area contributed by atoms with E-state index in [1.807, 2.05) is 0 Å². The van der Waals surface area contributed by atoms with Crippen LogP contribution in [0.5, 0.6) is 0 Å². The first-order valence-electron chi connectivity index (χ1n) is 5.91. The maximum absolute atomic E-state index is 12.5. The van der Waals surface area contributed by atoms with Crippen LogP contribution in [0.15, 0.2) is 29.2 Å². The minimum atomic E-state index is -3.98. The number of aliphatic carboxylic acids is 1. The lowest BCUT2D eigenvalue weighted by Crippen LogP contribution is -2.50. The predicted molar refractivity (Wildman–Crippen MR) is 75.7 cm³/mol. The molecule has 1 N–H and O–H groups in total. The Morgan fingerprint density at radius 2 is 2.00 bits per heavy atom. The summed E-state index contributed by atoms with van der Waals surface area (Å²) in [5.74, 6) is -0.509. The van der Waals surface area contributed by atoms with E-state index in [4.69, 9.17) is 5.11 Å². The molecule has 8 nitrogen and oxygen atoms in total. The first kappa shape index (κ1) is 15.7. The number of nitro benzene ring substituents is 1. The van der Waals surface area contributed by atoms with Crippen LogP contribution < -0.4 is 0 Å². The molecule has 1 aromatic rings. The molecule has 1 fully saturated rings. The number of thioether (sulfide) groups is 1. The molecule has 0 amide bonds. The third kappa shape index (κ3) is 3.17. The van der Waals surface area contributed by atoms with Crippen molar-refractivity contribution in [3.63, 3.8) is 0 Å². The van der Waals surface area contributed by atoms with Gasteiger partial charge in [-0.25, -0.2) is 8.42 Å². The maximum atomic E-state index is 12.5. The summed E-state index contributed by atoms with van der Waals surface area (Å²) < 4.78 is 25.9. The highest BCUT2D eigenvalue weighted by molar-refractivity contribution is 7.99. The molecular formula is C11H12N2O6S2. The van der Waals surface area contributed by atoms with Gasteiger partial charge >= 0.3 is 5.97 Å². The first-order chi connectivity index (χ1) is 9.84. The van der Waals surface area contributed by atoms with Gasteiger partial charge in [-0.2, -0.15) is 16.1 Å². The number of sulfonamides is 1. The molecule has 1 atom stereocenters. The van der Waals surface area contributed by atoms with Gasteiger partial charge in [-0.05, 0) is 12.1 Å². The van der Waals surface area contributed by atoms with Crippen molar-refractivity contribution in [3.05, 3.63) is 34.4 Å². The summed E-state index contributed by atoms with van der Waals surface area (Å²) in [7, 11) is -3.98. The molecule has 1 unspecified atom stereocenters. The molecule has 0 radical (unpaired) electrons. The van der Waals surface area contributed by atoms with Gasteiger partial charge in [-0.3, -0.25) is 14.9 Å². The van der Waals surface area contributed by atoms with Crippen molar-refractivity contribution in [3.8, 4) is 0 Å². The Morgan fingerprint density at radius 3 is 2.52 bits per heavy atom. The van der Waals surface area contributed by atoms with E-state index in [2.05, 4.69) is 0 Å². The topological polar surface area (TPSA) is 118 Å². The van der Waals surface area contributed by atoms with E-state index in [-0.39, 0.29) is 22.9 Å². The molecule has 21 heavy (non-hydrogen) atoms. The highest BCUT2D eigenvalue weighted by Gasteiger charge is 2.38. The Labute approximate surface area is 125 Å². The molecule has 1 aliphatic heterocycles. The number of hydrogen-bond acceptors (Lipinski definition) is 6. The van der Waals surface area contributed by atoms with Crippen LogP contribution >= 0.6 is 11.8 Å². The van der Waals surface area contributed by atoms with E-state index in [1.165, 1.54) is 11.8 Å². The summed E-state index contributed by atoms with van der Waals surface area (Å²) in [5.41, 5.74) is -0.224. The van der Waals surface area contributed by atoms with Crippen LogP contribution in [0.4, 0.5) is 5.69 Å².